The van der Waals surface area contributed by atoms with Crippen LogP contribution in [0.2, 0.25) is 0 Å². The van der Waals surface area contributed by atoms with Crippen molar-refractivity contribution in [3.05, 3.63) is 31.2 Å². The van der Waals surface area contributed by atoms with Gasteiger partial charge in [-0.1, -0.05) is 0 Å². The van der Waals surface area contributed by atoms with E-state index in [0.717, 1.165) is 0 Å². The van der Waals surface area contributed by atoms with Crippen molar-refractivity contribution in [3.63, 3.8) is 0 Å². The van der Waals surface area contributed by atoms with Crippen LogP contribution in [-0.2, 0) is 9.53 Å². The summed E-state index contributed by atoms with van der Waals surface area (Å²) in [7, 11) is 1.26. The van der Waals surface area contributed by atoms with Crippen molar-refractivity contribution in [2.75, 3.05) is 13.7 Å². The first-order valence-electron chi connectivity index (χ1n) is 5.82. The topological polar surface area (TPSA) is 105 Å². The molecule has 0 aromatic heterocycles. The summed E-state index contributed by atoms with van der Waals surface area (Å²) >= 11 is 6.41. The number of esters is 1. The molecule has 1 aromatic rings. The van der Waals surface area contributed by atoms with Crippen molar-refractivity contribution in [1.82, 2.24) is 0 Å². The third-order valence-electron chi connectivity index (χ3n) is 2.71. The van der Waals surface area contributed by atoms with Gasteiger partial charge in [-0.15, -0.1) is 0 Å². The van der Waals surface area contributed by atoms with Crippen molar-refractivity contribution in [1.29, 1.82) is 0 Å². The number of ether oxygens (including phenoxy) is 2. The number of rotatable bonds is 6. The van der Waals surface area contributed by atoms with Gasteiger partial charge in [0.15, 0.2) is 0 Å². The van der Waals surface area contributed by atoms with Gasteiger partial charge in [-0.05, 0) is 38.8 Å². The molecule has 0 saturated heterocycles. The van der Waals surface area contributed by atoms with Gasteiger partial charge in [-0.2, -0.15) is 0 Å². The van der Waals surface area contributed by atoms with E-state index < -0.39 is 16.4 Å². The zero-order valence-corrected chi connectivity index (χ0v) is 14.6. The van der Waals surface area contributed by atoms with Gasteiger partial charge >= 0.3 is 5.97 Å². The number of hydrogen-bond acceptors (Lipinski definition) is 6. The normalized spacial score (nSPS) is 13.4. The number of nitro groups is 1. The van der Waals surface area contributed by atoms with Crippen LogP contribution in [0.15, 0.2) is 21.1 Å². The minimum Gasteiger partial charge on any atom is -0.491 e. The van der Waals surface area contributed by atoms with E-state index in [1.54, 1.807) is 6.92 Å². The molecular formula is C12H14Br2N2O5. The fourth-order valence-corrected chi connectivity index (χ4v) is 2.88. The number of carbonyl (C=O) groups excluding carboxylic acids is 1. The van der Waals surface area contributed by atoms with Gasteiger partial charge < -0.3 is 15.2 Å². The molecule has 9 heteroatoms. The maximum Gasteiger partial charge on any atom is 0.325 e. The monoisotopic (exact) mass is 424 g/mol. The maximum absolute atomic E-state index is 11.4. The number of nitro benzene ring substituents is 1. The second kappa shape index (κ2) is 7.19. The predicted octanol–water partition coefficient (Wildman–Crippen LogP) is 2.78. The molecule has 7 nitrogen and oxygen atoms in total. The highest BCUT2D eigenvalue weighted by Crippen LogP contribution is 2.37. The lowest BCUT2D eigenvalue weighted by molar-refractivity contribution is -0.385. The van der Waals surface area contributed by atoms with Crippen LogP contribution in [0.5, 0.6) is 5.75 Å². The van der Waals surface area contributed by atoms with Gasteiger partial charge in [0, 0.05) is 18.6 Å². The highest BCUT2D eigenvalue weighted by atomic mass is 79.9. The molecular weight excluding hydrogens is 412 g/mol. The van der Waals surface area contributed by atoms with E-state index in [-0.39, 0.29) is 18.7 Å². The highest BCUT2D eigenvalue weighted by molar-refractivity contribution is 9.11. The summed E-state index contributed by atoms with van der Waals surface area (Å²) in [6.07, 6.45) is 0.232. The van der Waals surface area contributed by atoms with Gasteiger partial charge in [-0.25, -0.2) is 0 Å². The van der Waals surface area contributed by atoms with Gasteiger partial charge in [0.05, 0.1) is 27.6 Å². The Bertz CT molecular complexity index is 540. The van der Waals surface area contributed by atoms with Crippen molar-refractivity contribution >= 4 is 43.5 Å². The Balaban J connectivity index is 2.77. The molecule has 0 aliphatic rings. The highest BCUT2D eigenvalue weighted by Gasteiger charge is 2.29. The van der Waals surface area contributed by atoms with Gasteiger partial charge in [-0.3, -0.25) is 14.9 Å². The van der Waals surface area contributed by atoms with Crippen LogP contribution >= 0.6 is 31.9 Å². The molecule has 0 saturated carbocycles. The van der Waals surface area contributed by atoms with Gasteiger partial charge in [0.1, 0.15) is 11.3 Å². The molecule has 1 unspecified atom stereocenters. The molecule has 1 rings (SSSR count). The summed E-state index contributed by atoms with van der Waals surface area (Å²) in [5.74, 6) is -0.130. The Labute approximate surface area is 138 Å². The summed E-state index contributed by atoms with van der Waals surface area (Å²) < 4.78 is 11.0. The summed E-state index contributed by atoms with van der Waals surface area (Å²) in [6.45, 7) is 1.69. The summed E-state index contributed by atoms with van der Waals surface area (Å²) in [5, 5.41) is 10.7. The van der Waals surface area contributed by atoms with Crippen LogP contribution in [0, 0.1) is 10.1 Å². The van der Waals surface area contributed by atoms with Crippen LogP contribution in [0.25, 0.3) is 0 Å². The van der Waals surface area contributed by atoms with E-state index in [0.29, 0.717) is 14.7 Å². The first kappa shape index (κ1) is 17.9. The Kier molecular flexibility index (Phi) is 6.11. The number of carbonyl (C=O) groups is 1. The van der Waals surface area contributed by atoms with E-state index in [1.165, 1.54) is 19.2 Å². The second-order valence-electron chi connectivity index (χ2n) is 4.50. The fraction of sp³-hybridized carbons (Fsp3) is 0.417. The molecule has 1 aromatic carbocycles. The Hall–Kier alpha value is -1.19. The quantitative estimate of drug-likeness (QED) is 0.426. The number of benzene rings is 1. The smallest absolute Gasteiger partial charge is 0.325 e. The molecule has 0 fully saturated rings. The number of halogens is 2. The fourth-order valence-electron chi connectivity index (χ4n) is 1.49. The van der Waals surface area contributed by atoms with Gasteiger partial charge in [0.25, 0.3) is 5.69 Å². The lowest BCUT2D eigenvalue weighted by atomic mass is 10.0. The minimum absolute atomic E-state index is 0.0701. The standard InChI is InChI=1S/C12H14Br2N2O5/c1-12(15,11(17)20-2)3-4-21-10-8(13)5-7(16(18)19)6-9(10)14/h5-6H,3-4,15H2,1-2H3. The van der Waals surface area contributed by atoms with E-state index in [4.69, 9.17) is 10.5 Å². The van der Waals surface area contributed by atoms with E-state index in [9.17, 15) is 14.9 Å². The molecule has 1 atom stereocenters. The maximum atomic E-state index is 11.4. The van der Waals surface area contributed by atoms with Crippen molar-refractivity contribution < 1.29 is 19.2 Å². The minimum atomic E-state index is -1.16. The molecule has 21 heavy (non-hydrogen) atoms. The van der Waals surface area contributed by atoms with Crippen LogP contribution in [0.4, 0.5) is 5.69 Å². The number of methoxy groups -OCH3 is 1. The Morgan fingerprint density at radius 1 is 1.43 bits per heavy atom. The zero-order chi connectivity index (χ0) is 16.2. The summed E-state index contributed by atoms with van der Waals surface area (Å²) in [5.41, 5.74) is 4.58. The molecule has 0 bridgehead atoms. The molecule has 0 amide bonds. The number of hydrogen-bond donors (Lipinski definition) is 1. The van der Waals surface area contributed by atoms with Crippen LogP contribution in [-0.4, -0.2) is 30.1 Å². The third-order valence-corrected chi connectivity index (χ3v) is 3.89. The van der Waals surface area contributed by atoms with Crippen LogP contribution in [0.1, 0.15) is 13.3 Å². The van der Waals surface area contributed by atoms with Crippen molar-refractivity contribution in [2.24, 2.45) is 5.73 Å². The van der Waals surface area contributed by atoms with E-state index in [1.807, 2.05) is 0 Å². The molecule has 0 heterocycles. The van der Waals surface area contributed by atoms with E-state index in [2.05, 4.69) is 36.6 Å². The SMILES string of the molecule is COC(=O)C(C)(N)CCOc1c(Br)cc([N+](=O)[O-])cc1Br. The molecule has 0 aliphatic carbocycles. The Morgan fingerprint density at radius 3 is 2.38 bits per heavy atom. The first-order chi connectivity index (χ1) is 9.69. The number of non-ortho nitro benzene ring substituents is 1. The largest absolute Gasteiger partial charge is 0.491 e. The van der Waals surface area contributed by atoms with Crippen LogP contribution < -0.4 is 10.5 Å². The summed E-state index contributed by atoms with van der Waals surface area (Å²) in [6, 6.07) is 2.67. The second-order valence-corrected chi connectivity index (χ2v) is 6.21. The number of nitrogens with two attached hydrogens (primary N) is 1. The van der Waals surface area contributed by atoms with Gasteiger partial charge in [0.2, 0.25) is 0 Å². The first-order valence-corrected chi connectivity index (χ1v) is 7.41. The predicted molar refractivity (Wildman–Crippen MR) is 83.2 cm³/mol. The lowest BCUT2D eigenvalue weighted by Crippen LogP contribution is -2.46. The average Bonchev–Trinajstić information content (AvgIpc) is 2.40. The summed E-state index contributed by atoms with van der Waals surface area (Å²) in [4.78, 5) is 21.7. The number of nitrogens with zero attached hydrogens (tertiary/aromatic N) is 1. The lowest BCUT2D eigenvalue weighted by Gasteiger charge is -2.21. The van der Waals surface area contributed by atoms with Crippen molar-refractivity contribution in [2.45, 2.75) is 18.9 Å². The Morgan fingerprint density at radius 2 is 1.95 bits per heavy atom. The van der Waals surface area contributed by atoms with Crippen molar-refractivity contribution in [3.8, 4) is 5.75 Å². The molecule has 116 valence electrons. The molecule has 2 N–H and O–H groups in total. The van der Waals surface area contributed by atoms with Crippen LogP contribution in [0.3, 0.4) is 0 Å². The molecule has 0 spiro atoms. The third kappa shape index (κ3) is 4.65. The molecule has 0 aliphatic heterocycles. The van der Waals surface area contributed by atoms with E-state index >= 15 is 0 Å². The molecule has 0 radical (unpaired) electrons. The average molecular weight is 426 g/mol. The zero-order valence-electron chi connectivity index (χ0n) is 11.4.